The van der Waals surface area contributed by atoms with Crippen LogP contribution in [0.1, 0.15) is 38.5 Å². The number of carbonyl (C=O) groups excluding carboxylic acids is 1. The first-order chi connectivity index (χ1) is 8.60. The van der Waals surface area contributed by atoms with E-state index < -0.39 is 5.97 Å². The zero-order valence-electron chi connectivity index (χ0n) is 11.1. The fourth-order valence-electron chi connectivity index (χ4n) is 1.78. The maximum absolute atomic E-state index is 10.5. The van der Waals surface area contributed by atoms with Crippen LogP contribution in [0.15, 0.2) is 0 Å². The quantitative estimate of drug-likeness (QED) is 0.559. The monoisotopic (exact) mass is 259 g/mol. The van der Waals surface area contributed by atoms with Crippen molar-refractivity contribution in [3.05, 3.63) is 0 Å². The predicted octanol–water partition coefficient (Wildman–Crippen LogP) is 0.0745. The smallest absolute Gasteiger partial charge is 0.322 e. The number of carboxylic acids is 1. The highest BCUT2D eigenvalue weighted by Crippen LogP contribution is 2.16. The Hall–Kier alpha value is -1.14. The van der Waals surface area contributed by atoms with Crippen molar-refractivity contribution in [1.29, 1.82) is 0 Å². The normalized spacial score (nSPS) is 15.4. The van der Waals surface area contributed by atoms with Crippen molar-refractivity contribution in [1.82, 2.24) is 10.6 Å². The van der Waals surface area contributed by atoms with Gasteiger partial charge >= 0.3 is 5.97 Å². The van der Waals surface area contributed by atoms with Gasteiger partial charge in [-0.05, 0) is 19.9 Å². The van der Waals surface area contributed by atoms with Gasteiger partial charge in [0.2, 0.25) is 5.91 Å². The molecule has 1 aliphatic rings. The lowest BCUT2D eigenvalue weighted by Crippen LogP contribution is -2.30. The third kappa shape index (κ3) is 10.0. The van der Waals surface area contributed by atoms with Crippen molar-refractivity contribution in [2.75, 3.05) is 20.1 Å². The summed E-state index contributed by atoms with van der Waals surface area (Å²) < 4.78 is 0. The summed E-state index contributed by atoms with van der Waals surface area (Å²) in [5.41, 5.74) is 5.03. The first-order valence-electron chi connectivity index (χ1n) is 6.46. The van der Waals surface area contributed by atoms with E-state index in [1.165, 1.54) is 32.1 Å². The Morgan fingerprint density at radius 3 is 2.28 bits per heavy atom. The first kappa shape index (κ1) is 16.9. The van der Waals surface area contributed by atoms with Crippen LogP contribution >= 0.6 is 0 Å². The number of hydrogen-bond acceptors (Lipinski definition) is 4. The van der Waals surface area contributed by atoms with Gasteiger partial charge in [-0.25, -0.2) is 0 Å². The zero-order valence-corrected chi connectivity index (χ0v) is 11.1. The Labute approximate surface area is 108 Å². The van der Waals surface area contributed by atoms with Gasteiger partial charge in [0.25, 0.3) is 0 Å². The molecule has 0 saturated heterocycles. The third-order valence-corrected chi connectivity index (χ3v) is 2.82. The second kappa shape index (κ2) is 11.0. The topological polar surface area (TPSA) is 104 Å². The second-order valence-electron chi connectivity index (χ2n) is 4.33. The van der Waals surface area contributed by atoms with Crippen LogP contribution < -0.4 is 16.4 Å². The van der Waals surface area contributed by atoms with Crippen molar-refractivity contribution in [3.8, 4) is 0 Å². The summed E-state index contributed by atoms with van der Waals surface area (Å²) >= 11 is 0. The summed E-state index contributed by atoms with van der Waals surface area (Å²) in [7, 11) is 2.07. The van der Waals surface area contributed by atoms with Gasteiger partial charge in [-0.15, -0.1) is 0 Å². The van der Waals surface area contributed by atoms with E-state index in [1.54, 1.807) is 0 Å². The summed E-state index contributed by atoms with van der Waals surface area (Å²) in [5, 5.41) is 13.6. The standard InChI is InChI=1S/C7H15N.C5H10N2O3/c1-8-7-5-3-2-4-6-7;6-2-1-4(8)7-3-5(9)10/h7-8H,2-6H2,1H3;1-3,6H2,(H,7,8)(H,9,10). The minimum absolute atomic E-state index is 0.174. The lowest BCUT2D eigenvalue weighted by molar-refractivity contribution is -0.137. The molecule has 0 heterocycles. The molecule has 0 aromatic heterocycles. The lowest BCUT2D eigenvalue weighted by Gasteiger charge is -2.20. The van der Waals surface area contributed by atoms with Crippen molar-refractivity contribution < 1.29 is 14.7 Å². The summed E-state index contributed by atoms with van der Waals surface area (Å²) in [6, 6.07) is 0.837. The van der Waals surface area contributed by atoms with E-state index in [0.717, 1.165) is 6.04 Å². The molecule has 18 heavy (non-hydrogen) atoms. The molecule has 0 atom stereocenters. The molecule has 1 aliphatic carbocycles. The molecule has 0 aliphatic heterocycles. The molecule has 0 bridgehead atoms. The molecular formula is C12H25N3O3. The van der Waals surface area contributed by atoms with Gasteiger partial charge in [0.1, 0.15) is 6.54 Å². The van der Waals surface area contributed by atoms with Crippen LogP contribution in [0.5, 0.6) is 0 Å². The number of nitrogens with two attached hydrogens (primary N) is 1. The Morgan fingerprint density at radius 2 is 1.89 bits per heavy atom. The molecular weight excluding hydrogens is 234 g/mol. The van der Waals surface area contributed by atoms with E-state index >= 15 is 0 Å². The molecule has 106 valence electrons. The minimum Gasteiger partial charge on any atom is -0.480 e. The van der Waals surface area contributed by atoms with Crippen LogP contribution in [0.25, 0.3) is 0 Å². The van der Waals surface area contributed by atoms with Crippen LogP contribution in [0.4, 0.5) is 0 Å². The maximum Gasteiger partial charge on any atom is 0.322 e. The Morgan fingerprint density at radius 1 is 1.28 bits per heavy atom. The van der Waals surface area contributed by atoms with E-state index in [9.17, 15) is 9.59 Å². The molecule has 0 aromatic carbocycles. The highest BCUT2D eigenvalue weighted by atomic mass is 16.4. The molecule has 0 aromatic rings. The van der Waals surface area contributed by atoms with Gasteiger partial charge < -0.3 is 21.5 Å². The number of hydrogen-bond donors (Lipinski definition) is 4. The van der Waals surface area contributed by atoms with E-state index in [0.29, 0.717) is 0 Å². The zero-order chi connectivity index (χ0) is 13.8. The molecule has 6 nitrogen and oxygen atoms in total. The van der Waals surface area contributed by atoms with Crippen LogP contribution in [0.2, 0.25) is 0 Å². The average Bonchev–Trinajstić information content (AvgIpc) is 2.38. The SMILES string of the molecule is CNC1CCCCC1.NCCC(=O)NCC(=O)O. The molecule has 5 N–H and O–H groups in total. The van der Waals surface area contributed by atoms with E-state index in [4.69, 9.17) is 10.8 Å². The minimum atomic E-state index is -1.05. The van der Waals surface area contributed by atoms with Crippen molar-refractivity contribution in [2.24, 2.45) is 5.73 Å². The molecule has 1 saturated carbocycles. The molecule has 6 heteroatoms. The Kier molecular flexibility index (Phi) is 10.3. The Balaban J connectivity index is 0.000000327. The fourth-order valence-corrected chi connectivity index (χ4v) is 1.78. The van der Waals surface area contributed by atoms with Crippen LogP contribution in [-0.4, -0.2) is 43.2 Å². The molecule has 0 spiro atoms. The van der Waals surface area contributed by atoms with E-state index in [1.807, 2.05) is 0 Å². The fraction of sp³-hybridized carbons (Fsp3) is 0.833. The predicted molar refractivity (Wildman–Crippen MR) is 70.2 cm³/mol. The number of rotatable bonds is 5. The number of carbonyl (C=O) groups is 2. The van der Waals surface area contributed by atoms with Gasteiger partial charge in [-0.3, -0.25) is 9.59 Å². The van der Waals surface area contributed by atoms with Crippen molar-refractivity contribution in [3.63, 3.8) is 0 Å². The summed E-state index contributed by atoms with van der Waals surface area (Å²) in [5.74, 6) is -1.38. The lowest BCUT2D eigenvalue weighted by atomic mass is 9.96. The second-order valence-corrected chi connectivity index (χ2v) is 4.33. The van der Waals surface area contributed by atoms with Gasteiger partial charge in [0, 0.05) is 19.0 Å². The molecule has 1 rings (SSSR count). The van der Waals surface area contributed by atoms with E-state index in [2.05, 4.69) is 17.7 Å². The largest absolute Gasteiger partial charge is 0.480 e. The highest BCUT2D eigenvalue weighted by Gasteiger charge is 2.09. The Bertz CT molecular complexity index is 241. The van der Waals surface area contributed by atoms with Crippen LogP contribution in [0, 0.1) is 0 Å². The average molecular weight is 259 g/mol. The van der Waals surface area contributed by atoms with Crippen LogP contribution in [-0.2, 0) is 9.59 Å². The number of carboxylic acid groups (broad SMARTS) is 1. The van der Waals surface area contributed by atoms with E-state index in [-0.39, 0.29) is 25.4 Å². The third-order valence-electron chi connectivity index (χ3n) is 2.82. The number of nitrogens with one attached hydrogen (secondary N) is 2. The van der Waals surface area contributed by atoms with Crippen molar-refractivity contribution in [2.45, 2.75) is 44.6 Å². The summed E-state index contributed by atoms with van der Waals surface area (Å²) in [6.07, 6.45) is 7.30. The van der Waals surface area contributed by atoms with Gasteiger partial charge in [0.05, 0.1) is 0 Å². The summed E-state index contributed by atoms with van der Waals surface area (Å²) in [6.45, 7) is -0.0930. The highest BCUT2D eigenvalue weighted by molar-refractivity contribution is 5.81. The maximum atomic E-state index is 10.5. The first-order valence-corrected chi connectivity index (χ1v) is 6.46. The van der Waals surface area contributed by atoms with Gasteiger partial charge in [-0.1, -0.05) is 19.3 Å². The van der Waals surface area contributed by atoms with Crippen molar-refractivity contribution >= 4 is 11.9 Å². The molecule has 1 amide bonds. The number of aliphatic carboxylic acids is 1. The van der Waals surface area contributed by atoms with Crippen LogP contribution in [0.3, 0.4) is 0 Å². The number of amides is 1. The molecule has 0 radical (unpaired) electrons. The molecule has 0 unspecified atom stereocenters. The van der Waals surface area contributed by atoms with Gasteiger partial charge in [-0.2, -0.15) is 0 Å². The molecule has 1 fully saturated rings. The van der Waals surface area contributed by atoms with Gasteiger partial charge in [0.15, 0.2) is 0 Å². The summed E-state index contributed by atoms with van der Waals surface area (Å²) in [4.78, 5) is 20.4.